The fourth-order valence-corrected chi connectivity index (χ4v) is 3.28. The maximum atomic E-state index is 12.0. The molecule has 0 unspecified atom stereocenters. The van der Waals surface area contributed by atoms with Crippen molar-refractivity contribution in [3.05, 3.63) is 69.6 Å². The van der Waals surface area contributed by atoms with E-state index in [2.05, 4.69) is 45.9 Å². The van der Waals surface area contributed by atoms with E-state index in [4.69, 9.17) is 0 Å². The van der Waals surface area contributed by atoms with Crippen LogP contribution >= 0.6 is 0 Å². The van der Waals surface area contributed by atoms with E-state index in [1.54, 1.807) is 6.92 Å². The fraction of sp³-hybridized carbons (Fsp3) is 0.481. The number of rotatable bonds is 11. The topological polar surface area (TPSA) is 54.4 Å². The molecule has 0 fully saturated rings. The van der Waals surface area contributed by atoms with E-state index >= 15 is 0 Å². The van der Waals surface area contributed by atoms with Crippen LogP contribution in [0.1, 0.15) is 86.5 Å². The number of carbonyl (C=O) groups is 2. The summed E-state index contributed by atoms with van der Waals surface area (Å²) < 4.78 is 0. The first-order chi connectivity index (χ1) is 14.1. The predicted molar refractivity (Wildman–Crippen MR) is 126 cm³/mol. The maximum Gasteiger partial charge on any atom is 0.232 e. The minimum absolute atomic E-state index is 0.0522. The van der Waals surface area contributed by atoms with E-state index in [0.717, 1.165) is 44.1 Å². The number of aliphatic hydroxyl groups is 1. The monoisotopic (exact) mass is 410 g/mol. The highest BCUT2D eigenvalue weighted by molar-refractivity contribution is 6.48. The zero-order chi connectivity index (χ0) is 22.7. The summed E-state index contributed by atoms with van der Waals surface area (Å²) in [6.45, 7) is 12.3. The van der Waals surface area contributed by atoms with Gasteiger partial charge in [0.2, 0.25) is 11.6 Å². The van der Waals surface area contributed by atoms with Gasteiger partial charge in [-0.3, -0.25) is 9.59 Å². The third-order valence-corrected chi connectivity index (χ3v) is 5.31. The molecule has 0 aromatic rings. The van der Waals surface area contributed by atoms with Gasteiger partial charge in [0, 0.05) is 5.57 Å². The zero-order valence-electron chi connectivity index (χ0n) is 19.6. The van der Waals surface area contributed by atoms with Gasteiger partial charge in [0.25, 0.3) is 0 Å². The maximum absolute atomic E-state index is 12.0. The van der Waals surface area contributed by atoms with Gasteiger partial charge in [-0.25, -0.2) is 0 Å². The molecule has 164 valence electrons. The molecule has 0 heterocycles. The Hall–Kier alpha value is -2.42. The van der Waals surface area contributed by atoms with Crippen LogP contribution in [0.5, 0.6) is 0 Å². The number of hydrogen-bond donors (Lipinski definition) is 1. The standard InChI is InChI=1S/C27H38O3/c1-19(2)10-7-11-20(3)12-8-13-21(4)14-9-15-22(5)16-17-24-26(29)23(6)18-25(28)27(24)30/h10,12,14,16,18,29H,7-9,11,13,15,17H2,1-6H3/b20-12+,21-14+,22-16+. The lowest BCUT2D eigenvalue weighted by molar-refractivity contribution is -0.131. The van der Waals surface area contributed by atoms with E-state index < -0.39 is 11.6 Å². The number of hydrogen-bond acceptors (Lipinski definition) is 3. The molecule has 1 aliphatic rings. The Kier molecular flexibility index (Phi) is 11.1. The van der Waals surface area contributed by atoms with Crippen molar-refractivity contribution >= 4 is 11.6 Å². The van der Waals surface area contributed by atoms with Gasteiger partial charge in [-0.05, 0) is 98.1 Å². The second-order valence-electron chi connectivity index (χ2n) is 8.60. The van der Waals surface area contributed by atoms with Gasteiger partial charge >= 0.3 is 0 Å². The van der Waals surface area contributed by atoms with Gasteiger partial charge in [0.05, 0.1) is 0 Å². The smallest absolute Gasteiger partial charge is 0.232 e. The molecular weight excluding hydrogens is 372 g/mol. The number of aliphatic hydroxyl groups excluding tert-OH is 1. The second kappa shape index (κ2) is 13.0. The second-order valence-corrected chi connectivity index (χ2v) is 8.60. The normalized spacial score (nSPS) is 16.2. The van der Waals surface area contributed by atoms with Crippen molar-refractivity contribution < 1.29 is 14.7 Å². The molecule has 0 saturated carbocycles. The van der Waals surface area contributed by atoms with Crippen LogP contribution in [0.2, 0.25) is 0 Å². The molecule has 0 amide bonds. The van der Waals surface area contributed by atoms with Crippen LogP contribution < -0.4 is 0 Å². The quantitative estimate of drug-likeness (QED) is 0.219. The van der Waals surface area contributed by atoms with Gasteiger partial charge in [-0.2, -0.15) is 0 Å². The molecule has 0 spiro atoms. The van der Waals surface area contributed by atoms with E-state index in [0.29, 0.717) is 12.0 Å². The highest BCUT2D eigenvalue weighted by Crippen LogP contribution is 2.23. The number of ketones is 2. The van der Waals surface area contributed by atoms with Gasteiger partial charge in [-0.1, -0.05) is 46.6 Å². The number of Topliss-reactive ketones (excluding diaryl/α,β-unsaturated/α-hetero) is 1. The van der Waals surface area contributed by atoms with Gasteiger partial charge in [0.15, 0.2) is 0 Å². The lowest BCUT2D eigenvalue weighted by Crippen LogP contribution is -2.20. The summed E-state index contributed by atoms with van der Waals surface area (Å²) in [4.78, 5) is 23.6. The largest absolute Gasteiger partial charge is 0.507 e. The summed E-state index contributed by atoms with van der Waals surface area (Å²) in [5.74, 6) is -1.20. The van der Waals surface area contributed by atoms with Crippen molar-refractivity contribution in [2.45, 2.75) is 86.5 Å². The van der Waals surface area contributed by atoms with Crippen LogP contribution in [0.3, 0.4) is 0 Å². The number of carbonyl (C=O) groups excluding carboxylic acids is 2. The molecular formula is C27H38O3. The minimum Gasteiger partial charge on any atom is -0.507 e. The van der Waals surface area contributed by atoms with Crippen LogP contribution in [0.25, 0.3) is 0 Å². The number of allylic oxidation sites excluding steroid dienone is 11. The van der Waals surface area contributed by atoms with Crippen molar-refractivity contribution in [3.8, 4) is 0 Å². The van der Waals surface area contributed by atoms with Crippen LogP contribution in [0, 0.1) is 0 Å². The highest BCUT2D eigenvalue weighted by atomic mass is 16.3. The molecule has 0 aliphatic heterocycles. The molecule has 0 atom stereocenters. The lowest BCUT2D eigenvalue weighted by Gasteiger charge is -2.12. The zero-order valence-corrected chi connectivity index (χ0v) is 19.6. The molecule has 0 saturated heterocycles. The van der Waals surface area contributed by atoms with Crippen LogP contribution in [-0.2, 0) is 9.59 Å². The predicted octanol–water partition coefficient (Wildman–Crippen LogP) is 7.43. The summed E-state index contributed by atoms with van der Waals surface area (Å²) in [5.41, 5.74) is 6.05. The summed E-state index contributed by atoms with van der Waals surface area (Å²) in [6.07, 6.45) is 16.6. The van der Waals surface area contributed by atoms with Crippen LogP contribution in [-0.4, -0.2) is 16.7 Å². The first-order valence-electron chi connectivity index (χ1n) is 10.9. The Balaban J connectivity index is 2.44. The first-order valence-corrected chi connectivity index (χ1v) is 10.9. The van der Waals surface area contributed by atoms with Crippen molar-refractivity contribution in [1.82, 2.24) is 0 Å². The Labute approximate surface area is 182 Å². The molecule has 0 aromatic heterocycles. The summed E-state index contributed by atoms with van der Waals surface area (Å²) in [6, 6.07) is 0. The highest BCUT2D eigenvalue weighted by Gasteiger charge is 2.25. The Morgan fingerprint density at radius 1 is 0.800 bits per heavy atom. The van der Waals surface area contributed by atoms with Crippen molar-refractivity contribution in [2.75, 3.05) is 0 Å². The molecule has 3 heteroatoms. The summed E-state index contributed by atoms with van der Waals surface area (Å²) >= 11 is 0. The van der Waals surface area contributed by atoms with Crippen LogP contribution in [0.4, 0.5) is 0 Å². The molecule has 1 N–H and O–H groups in total. The van der Waals surface area contributed by atoms with Crippen molar-refractivity contribution in [2.24, 2.45) is 0 Å². The Morgan fingerprint density at radius 2 is 1.27 bits per heavy atom. The van der Waals surface area contributed by atoms with Gasteiger partial charge in [-0.15, -0.1) is 0 Å². The minimum atomic E-state index is -0.595. The van der Waals surface area contributed by atoms with E-state index in [9.17, 15) is 14.7 Å². The molecule has 0 aromatic carbocycles. The molecule has 30 heavy (non-hydrogen) atoms. The summed E-state index contributed by atoms with van der Waals surface area (Å²) in [5, 5.41) is 10.1. The van der Waals surface area contributed by atoms with E-state index in [1.807, 2.05) is 13.0 Å². The van der Waals surface area contributed by atoms with Gasteiger partial charge < -0.3 is 5.11 Å². The lowest BCUT2D eigenvalue weighted by atomic mass is 9.93. The van der Waals surface area contributed by atoms with Crippen molar-refractivity contribution in [1.29, 1.82) is 0 Å². The van der Waals surface area contributed by atoms with E-state index in [-0.39, 0.29) is 11.3 Å². The van der Waals surface area contributed by atoms with Crippen LogP contribution in [0.15, 0.2) is 69.6 Å². The third kappa shape index (κ3) is 9.39. The SMILES string of the molecule is CC(C)=CCC/C(C)=C/CC/C(C)=C/CC/C(C)=C/CC1=C(O)C(C)=CC(=O)C1=O. The molecule has 3 nitrogen and oxygen atoms in total. The van der Waals surface area contributed by atoms with Gasteiger partial charge in [0.1, 0.15) is 5.76 Å². The van der Waals surface area contributed by atoms with Crippen molar-refractivity contribution in [3.63, 3.8) is 0 Å². The fourth-order valence-electron chi connectivity index (χ4n) is 3.28. The molecule has 0 radical (unpaired) electrons. The molecule has 1 aliphatic carbocycles. The first kappa shape index (κ1) is 25.6. The third-order valence-electron chi connectivity index (χ3n) is 5.31. The summed E-state index contributed by atoms with van der Waals surface area (Å²) in [7, 11) is 0. The average molecular weight is 411 g/mol. The average Bonchev–Trinajstić information content (AvgIpc) is 2.66. The Morgan fingerprint density at radius 3 is 1.77 bits per heavy atom. The van der Waals surface area contributed by atoms with E-state index in [1.165, 1.54) is 22.8 Å². The molecule has 1 rings (SSSR count). The molecule has 0 bridgehead atoms. The Bertz CT molecular complexity index is 822.